The van der Waals surface area contributed by atoms with Gasteiger partial charge in [-0.2, -0.15) is 0 Å². The van der Waals surface area contributed by atoms with Gasteiger partial charge in [-0.1, -0.05) is 11.6 Å². The number of halogens is 1. The first-order valence-corrected chi connectivity index (χ1v) is 10.7. The highest BCUT2D eigenvalue weighted by molar-refractivity contribution is 6.32. The number of anilines is 1. The van der Waals surface area contributed by atoms with Crippen LogP contribution in [0.1, 0.15) is 5.56 Å². The minimum absolute atomic E-state index is 0.115. The molecule has 1 aliphatic rings. The van der Waals surface area contributed by atoms with E-state index in [0.717, 1.165) is 49.8 Å². The van der Waals surface area contributed by atoms with Gasteiger partial charge in [-0.3, -0.25) is 14.6 Å². The molecular formula is C23H30ClN3O5. The Balaban J connectivity index is 1.54. The van der Waals surface area contributed by atoms with E-state index in [-0.39, 0.29) is 5.91 Å². The lowest BCUT2D eigenvalue weighted by Crippen LogP contribution is -2.48. The number of hydrogen-bond donors (Lipinski definition) is 1. The minimum Gasteiger partial charge on any atom is -0.497 e. The van der Waals surface area contributed by atoms with E-state index in [1.165, 1.54) is 14.2 Å². The normalized spacial score (nSPS) is 14.7. The van der Waals surface area contributed by atoms with Crippen LogP contribution in [-0.4, -0.2) is 76.9 Å². The van der Waals surface area contributed by atoms with Crippen LogP contribution in [0.5, 0.6) is 23.0 Å². The van der Waals surface area contributed by atoms with Crippen molar-refractivity contribution in [1.82, 2.24) is 9.80 Å². The van der Waals surface area contributed by atoms with Gasteiger partial charge in [0.05, 0.1) is 45.7 Å². The minimum atomic E-state index is -0.115. The summed E-state index contributed by atoms with van der Waals surface area (Å²) in [4.78, 5) is 17.1. The fraction of sp³-hybridized carbons (Fsp3) is 0.435. The first kappa shape index (κ1) is 24.0. The van der Waals surface area contributed by atoms with Crippen LogP contribution in [0.2, 0.25) is 5.02 Å². The molecule has 2 aromatic carbocycles. The topological polar surface area (TPSA) is 72.5 Å². The number of benzene rings is 2. The van der Waals surface area contributed by atoms with Gasteiger partial charge in [-0.25, -0.2) is 0 Å². The predicted molar refractivity (Wildman–Crippen MR) is 124 cm³/mol. The zero-order valence-electron chi connectivity index (χ0n) is 18.9. The highest BCUT2D eigenvalue weighted by Crippen LogP contribution is 2.35. The van der Waals surface area contributed by atoms with Crippen molar-refractivity contribution in [3.63, 3.8) is 0 Å². The molecule has 174 valence electrons. The molecule has 1 N–H and O–H groups in total. The zero-order valence-corrected chi connectivity index (χ0v) is 19.7. The summed E-state index contributed by atoms with van der Waals surface area (Å²) in [6.45, 7) is 4.35. The van der Waals surface area contributed by atoms with Crippen LogP contribution in [0, 0.1) is 0 Å². The van der Waals surface area contributed by atoms with Crippen molar-refractivity contribution in [2.24, 2.45) is 0 Å². The average Bonchev–Trinajstić information content (AvgIpc) is 2.81. The van der Waals surface area contributed by atoms with Crippen molar-refractivity contribution in [2.75, 3.05) is 66.5 Å². The third kappa shape index (κ3) is 5.97. The summed E-state index contributed by atoms with van der Waals surface area (Å²) in [5.41, 5.74) is 1.62. The molecule has 0 bridgehead atoms. The van der Waals surface area contributed by atoms with Crippen LogP contribution in [0.3, 0.4) is 0 Å². The lowest BCUT2D eigenvalue weighted by molar-refractivity contribution is -0.117. The molecule has 0 spiro atoms. The molecule has 0 radical (unpaired) electrons. The molecule has 0 saturated carbocycles. The molecule has 0 atom stereocenters. The first-order chi connectivity index (χ1) is 15.5. The summed E-state index contributed by atoms with van der Waals surface area (Å²) < 4.78 is 21.4. The Bertz CT molecular complexity index is 932. The smallest absolute Gasteiger partial charge is 0.238 e. The molecule has 1 heterocycles. The molecule has 0 aromatic heterocycles. The summed E-state index contributed by atoms with van der Waals surface area (Å²) in [6.07, 6.45) is 0. The molecule has 1 amide bonds. The van der Waals surface area contributed by atoms with Crippen molar-refractivity contribution >= 4 is 23.2 Å². The molecule has 0 aliphatic carbocycles. The fourth-order valence-corrected chi connectivity index (χ4v) is 3.93. The van der Waals surface area contributed by atoms with Crippen LogP contribution >= 0.6 is 11.6 Å². The van der Waals surface area contributed by atoms with Gasteiger partial charge in [0.25, 0.3) is 0 Å². The van der Waals surface area contributed by atoms with E-state index in [1.807, 2.05) is 18.2 Å². The molecule has 3 rings (SSSR count). The van der Waals surface area contributed by atoms with Crippen molar-refractivity contribution in [3.8, 4) is 23.0 Å². The number of rotatable bonds is 9. The summed E-state index contributed by atoms with van der Waals surface area (Å²) in [6, 6.07) is 9.12. The standard InChI is InChI=1S/C23H30ClN3O5/c1-29-17-5-6-20(30-2)16(11-17)14-26-7-9-27(10-8-26)15-23(28)25-19-13-21(31-3)18(24)12-22(19)32-4/h5-6,11-13H,7-10,14-15H2,1-4H3,(H,25,28). The SMILES string of the molecule is COc1ccc(OC)c(CN2CCN(CC(=O)Nc3cc(OC)c(Cl)cc3OC)CC2)c1. The van der Waals surface area contributed by atoms with E-state index in [0.29, 0.717) is 28.8 Å². The van der Waals surface area contributed by atoms with E-state index in [2.05, 4.69) is 15.1 Å². The Morgan fingerprint density at radius 3 is 2.16 bits per heavy atom. The lowest BCUT2D eigenvalue weighted by Gasteiger charge is -2.34. The molecule has 8 nitrogen and oxygen atoms in total. The number of amides is 1. The number of ether oxygens (including phenoxy) is 4. The van der Waals surface area contributed by atoms with Gasteiger partial charge in [-0.15, -0.1) is 0 Å². The number of hydrogen-bond acceptors (Lipinski definition) is 7. The number of nitrogens with one attached hydrogen (secondary N) is 1. The molecule has 0 unspecified atom stereocenters. The number of piperazine rings is 1. The summed E-state index contributed by atoms with van der Waals surface area (Å²) in [7, 11) is 6.39. The van der Waals surface area contributed by atoms with Gasteiger partial charge in [-0.05, 0) is 18.2 Å². The summed E-state index contributed by atoms with van der Waals surface area (Å²) in [5, 5.41) is 3.32. The fourth-order valence-electron chi connectivity index (χ4n) is 3.70. The van der Waals surface area contributed by atoms with E-state index >= 15 is 0 Å². The van der Waals surface area contributed by atoms with E-state index in [9.17, 15) is 4.79 Å². The molecular weight excluding hydrogens is 434 g/mol. The van der Waals surface area contributed by atoms with E-state index in [4.69, 9.17) is 30.5 Å². The average molecular weight is 464 g/mol. The van der Waals surface area contributed by atoms with Crippen LogP contribution in [0.4, 0.5) is 5.69 Å². The maximum absolute atomic E-state index is 12.6. The van der Waals surface area contributed by atoms with Crippen molar-refractivity contribution in [1.29, 1.82) is 0 Å². The second-order valence-electron chi connectivity index (χ2n) is 7.47. The lowest BCUT2D eigenvalue weighted by atomic mass is 10.1. The van der Waals surface area contributed by atoms with Crippen LogP contribution in [0.25, 0.3) is 0 Å². The molecule has 1 aliphatic heterocycles. The Kier molecular flexibility index (Phi) is 8.44. The quantitative estimate of drug-likeness (QED) is 0.612. The van der Waals surface area contributed by atoms with Gasteiger partial charge in [0.1, 0.15) is 23.0 Å². The Hall–Kier alpha value is -2.68. The van der Waals surface area contributed by atoms with Crippen LogP contribution in [0.15, 0.2) is 30.3 Å². The zero-order chi connectivity index (χ0) is 23.1. The van der Waals surface area contributed by atoms with Crippen LogP contribution in [-0.2, 0) is 11.3 Å². The van der Waals surface area contributed by atoms with Gasteiger partial charge >= 0.3 is 0 Å². The summed E-state index contributed by atoms with van der Waals surface area (Å²) >= 11 is 6.13. The second-order valence-corrected chi connectivity index (χ2v) is 7.87. The highest BCUT2D eigenvalue weighted by Gasteiger charge is 2.21. The molecule has 32 heavy (non-hydrogen) atoms. The third-order valence-electron chi connectivity index (χ3n) is 5.46. The van der Waals surface area contributed by atoms with Crippen molar-refractivity contribution < 1.29 is 23.7 Å². The Morgan fingerprint density at radius 1 is 0.875 bits per heavy atom. The van der Waals surface area contributed by atoms with Gasteiger partial charge in [0.2, 0.25) is 5.91 Å². The van der Waals surface area contributed by atoms with Crippen molar-refractivity contribution in [2.45, 2.75) is 6.54 Å². The first-order valence-electron chi connectivity index (χ1n) is 10.3. The maximum atomic E-state index is 12.6. The molecule has 9 heteroatoms. The van der Waals surface area contributed by atoms with Crippen molar-refractivity contribution in [3.05, 3.63) is 40.9 Å². The van der Waals surface area contributed by atoms with Gasteiger partial charge < -0.3 is 24.3 Å². The van der Waals surface area contributed by atoms with Crippen LogP contribution < -0.4 is 24.3 Å². The Morgan fingerprint density at radius 2 is 1.53 bits per heavy atom. The largest absolute Gasteiger partial charge is 0.497 e. The Labute approximate surface area is 193 Å². The second kappa shape index (κ2) is 11.3. The third-order valence-corrected chi connectivity index (χ3v) is 5.76. The maximum Gasteiger partial charge on any atom is 0.238 e. The van der Waals surface area contributed by atoms with Gasteiger partial charge in [0.15, 0.2) is 0 Å². The molecule has 1 saturated heterocycles. The van der Waals surface area contributed by atoms with E-state index in [1.54, 1.807) is 26.4 Å². The monoisotopic (exact) mass is 463 g/mol. The number of carbonyl (C=O) groups excluding carboxylic acids is 1. The summed E-state index contributed by atoms with van der Waals surface area (Å²) in [5.74, 6) is 2.51. The number of carbonyl (C=O) groups is 1. The molecule has 1 fully saturated rings. The number of methoxy groups -OCH3 is 4. The van der Waals surface area contributed by atoms with E-state index < -0.39 is 0 Å². The molecule has 2 aromatic rings. The number of nitrogens with zero attached hydrogens (tertiary/aromatic N) is 2. The highest BCUT2D eigenvalue weighted by atomic mass is 35.5. The predicted octanol–water partition coefficient (Wildman–Crippen LogP) is 3.13. The van der Waals surface area contributed by atoms with Gasteiger partial charge in [0, 0.05) is 50.4 Å².